The quantitative estimate of drug-likeness (QED) is 0.899. The van der Waals surface area contributed by atoms with Gasteiger partial charge in [0.15, 0.2) is 0 Å². The average molecular weight is 304 g/mol. The minimum absolute atomic E-state index is 0.0167. The number of halogens is 2. The molecule has 0 spiro atoms. The Bertz CT molecular complexity index is 666. The summed E-state index contributed by atoms with van der Waals surface area (Å²) in [6, 6.07) is 12.5. The second kappa shape index (κ2) is 5.86. The Kier molecular flexibility index (Phi) is 3.93. The zero-order valence-electron chi connectivity index (χ0n) is 11.4. The number of carbonyl (C=O) groups is 1. The number of carbonyl (C=O) groups excluding carboxylic acids is 1. The number of hydrogen-bond donors (Lipinski definition) is 1. The van der Waals surface area contributed by atoms with Crippen LogP contribution < -0.4 is 5.32 Å². The van der Waals surface area contributed by atoms with E-state index in [1.807, 2.05) is 12.1 Å². The van der Waals surface area contributed by atoms with Crippen molar-refractivity contribution in [1.82, 2.24) is 5.32 Å². The molecule has 108 valence electrons. The number of benzene rings is 2. The second-order valence-electron chi connectivity index (χ2n) is 5.28. The van der Waals surface area contributed by atoms with Crippen LogP contribution in [-0.2, 0) is 12.8 Å². The molecule has 0 fully saturated rings. The summed E-state index contributed by atoms with van der Waals surface area (Å²) in [6.07, 6.45) is 2.55. The Morgan fingerprint density at radius 1 is 1.14 bits per heavy atom. The van der Waals surface area contributed by atoms with Gasteiger partial charge < -0.3 is 5.32 Å². The standard InChI is InChI=1S/C17H15ClFNO/c18-14-6-3-7-15(19)16(14)17(21)20-13-9-8-11-4-1-2-5-12(11)10-13/h1-7,13H,8-10H2,(H,20,21)/t13-/m0/s1. The van der Waals surface area contributed by atoms with Crippen molar-refractivity contribution < 1.29 is 9.18 Å². The summed E-state index contributed by atoms with van der Waals surface area (Å²) in [7, 11) is 0. The number of hydrogen-bond acceptors (Lipinski definition) is 1. The molecule has 0 saturated carbocycles. The molecular formula is C17H15ClFNO. The van der Waals surface area contributed by atoms with Crippen molar-refractivity contribution in [2.45, 2.75) is 25.3 Å². The minimum Gasteiger partial charge on any atom is -0.349 e. The third-order valence-corrected chi connectivity index (χ3v) is 4.19. The molecule has 0 aliphatic heterocycles. The molecule has 4 heteroatoms. The van der Waals surface area contributed by atoms with Crippen molar-refractivity contribution in [2.75, 3.05) is 0 Å². The van der Waals surface area contributed by atoms with Gasteiger partial charge in [0, 0.05) is 6.04 Å². The largest absolute Gasteiger partial charge is 0.349 e. The molecule has 0 aromatic heterocycles. The van der Waals surface area contributed by atoms with Crippen LogP contribution in [0.15, 0.2) is 42.5 Å². The van der Waals surface area contributed by atoms with Gasteiger partial charge in [-0.25, -0.2) is 4.39 Å². The van der Waals surface area contributed by atoms with Crippen LogP contribution in [0.4, 0.5) is 4.39 Å². The van der Waals surface area contributed by atoms with Crippen molar-refractivity contribution >= 4 is 17.5 Å². The maximum Gasteiger partial charge on any atom is 0.256 e. The summed E-state index contributed by atoms with van der Waals surface area (Å²) in [4.78, 5) is 12.2. The zero-order chi connectivity index (χ0) is 14.8. The third-order valence-electron chi connectivity index (χ3n) is 3.87. The van der Waals surface area contributed by atoms with Crippen molar-refractivity contribution in [3.05, 3.63) is 70.0 Å². The summed E-state index contributed by atoms with van der Waals surface area (Å²) in [6.45, 7) is 0. The molecule has 2 nitrogen and oxygen atoms in total. The fraction of sp³-hybridized carbons (Fsp3) is 0.235. The Balaban J connectivity index is 1.75. The molecule has 0 radical (unpaired) electrons. The number of aryl methyl sites for hydroxylation is 1. The summed E-state index contributed by atoms with van der Waals surface area (Å²) in [5, 5.41) is 3.04. The van der Waals surface area contributed by atoms with Gasteiger partial charge in [0.2, 0.25) is 0 Å². The first-order chi connectivity index (χ1) is 10.1. The topological polar surface area (TPSA) is 29.1 Å². The molecule has 21 heavy (non-hydrogen) atoms. The highest BCUT2D eigenvalue weighted by molar-refractivity contribution is 6.33. The van der Waals surface area contributed by atoms with E-state index >= 15 is 0 Å². The van der Waals surface area contributed by atoms with Crippen molar-refractivity contribution in [1.29, 1.82) is 0 Å². The first-order valence-electron chi connectivity index (χ1n) is 6.97. The van der Waals surface area contributed by atoms with E-state index in [4.69, 9.17) is 11.6 Å². The Morgan fingerprint density at radius 2 is 1.90 bits per heavy atom. The van der Waals surface area contributed by atoms with Crippen LogP contribution >= 0.6 is 11.6 Å². The zero-order valence-corrected chi connectivity index (χ0v) is 12.2. The predicted octanol–water partition coefficient (Wildman–Crippen LogP) is 3.77. The van der Waals surface area contributed by atoms with Gasteiger partial charge in [-0.05, 0) is 42.5 Å². The van der Waals surface area contributed by atoms with E-state index in [9.17, 15) is 9.18 Å². The fourth-order valence-electron chi connectivity index (χ4n) is 2.79. The summed E-state index contributed by atoms with van der Waals surface area (Å²) in [5.41, 5.74) is 2.50. The van der Waals surface area contributed by atoms with E-state index in [0.29, 0.717) is 0 Å². The van der Waals surface area contributed by atoms with E-state index in [1.165, 1.54) is 29.3 Å². The van der Waals surface area contributed by atoms with Gasteiger partial charge in [0.1, 0.15) is 5.82 Å². The molecule has 2 aromatic carbocycles. The molecule has 1 N–H and O–H groups in total. The number of nitrogens with one attached hydrogen (secondary N) is 1. The molecule has 1 atom stereocenters. The number of fused-ring (bicyclic) bond motifs is 1. The fourth-order valence-corrected chi connectivity index (χ4v) is 3.04. The molecular weight excluding hydrogens is 289 g/mol. The van der Waals surface area contributed by atoms with E-state index in [0.717, 1.165) is 19.3 Å². The molecule has 2 aromatic rings. The van der Waals surface area contributed by atoms with Crippen molar-refractivity contribution in [2.24, 2.45) is 0 Å². The predicted molar refractivity (Wildman–Crippen MR) is 81.1 cm³/mol. The van der Waals surface area contributed by atoms with Crippen molar-refractivity contribution in [3.63, 3.8) is 0 Å². The monoisotopic (exact) mass is 303 g/mol. The van der Waals surface area contributed by atoms with Crippen LogP contribution in [0.25, 0.3) is 0 Å². The van der Waals surface area contributed by atoms with E-state index < -0.39 is 11.7 Å². The third kappa shape index (κ3) is 2.93. The maximum atomic E-state index is 13.7. The van der Waals surface area contributed by atoms with Gasteiger partial charge in [-0.1, -0.05) is 41.9 Å². The summed E-state index contributed by atoms with van der Waals surface area (Å²) in [5.74, 6) is -1.03. The van der Waals surface area contributed by atoms with E-state index in [-0.39, 0.29) is 16.6 Å². The molecule has 0 heterocycles. The van der Waals surface area contributed by atoms with Gasteiger partial charge in [0.05, 0.1) is 10.6 Å². The minimum atomic E-state index is -0.587. The van der Waals surface area contributed by atoms with Crippen LogP contribution in [0, 0.1) is 5.82 Å². The van der Waals surface area contributed by atoms with Crippen LogP contribution in [-0.4, -0.2) is 11.9 Å². The lowest BCUT2D eigenvalue weighted by Crippen LogP contribution is -2.39. The molecule has 1 aliphatic carbocycles. The molecule has 0 bridgehead atoms. The van der Waals surface area contributed by atoms with E-state index in [2.05, 4.69) is 17.4 Å². The lowest BCUT2D eigenvalue weighted by Gasteiger charge is -2.25. The summed E-state index contributed by atoms with van der Waals surface area (Å²) < 4.78 is 13.7. The number of amides is 1. The lowest BCUT2D eigenvalue weighted by molar-refractivity contribution is 0.0930. The normalized spacial score (nSPS) is 17.1. The van der Waals surface area contributed by atoms with Gasteiger partial charge in [-0.3, -0.25) is 4.79 Å². The van der Waals surface area contributed by atoms with Gasteiger partial charge >= 0.3 is 0 Å². The van der Waals surface area contributed by atoms with Crippen LogP contribution in [0.1, 0.15) is 27.9 Å². The highest BCUT2D eigenvalue weighted by Gasteiger charge is 2.23. The van der Waals surface area contributed by atoms with Crippen LogP contribution in [0.3, 0.4) is 0 Å². The number of rotatable bonds is 2. The highest BCUT2D eigenvalue weighted by Crippen LogP contribution is 2.23. The first kappa shape index (κ1) is 14.1. The summed E-state index contributed by atoms with van der Waals surface area (Å²) >= 11 is 5.92. The maximum absolute atomic E-state index is 13.7. The van der Waals surface area contributed by atoms with Gasteiger partial charge in [-0.15, -0.1) is 0 Å². The smallest absolute Gasteiger partial charge is 0.256 e. The molecule has 0 unspecified atom stereocenters. The first-order valence-corrected chi connectivity index (χ1v) is 7.34. The Morgan fingerprint density at radius 3 is 2.67 bits per heavy atom. The Hall–Kier alpha value is -1.87. The van der Waals surface area contributed by atoms with Crippen LogP contribution in [0.2, 0.25) is 5.02 Å². The van der Waals surface area contributed by atoms with Crippen molar-refractivity contribution in [3.8, 4) is 0 Å². The van der Waals surface area contributed by atoms with Gasteiger partial charge in [0.25, 0.3) is 5.91 Å². The molecule has 1 amide bonds. The molecule has 0 saturated heterocycles. The molecule has 1 aliphatic rings. The second-order valence-corrected chi connectivity index (χ2v) is 5.69. The average Bonchev–Trinajstić information content (AvgIpc) is 2.47. The SMILES string of the molecule is O=C(N[C@H]1CCc2ccccc2C1)c1c(F)cccc1Cl. The highest BCUT2D eigenvalue weighted by atomic mass is 35.5. The molecule has 3 rings (SSSR count). The van der Waals surface area contributed by atoms with E-state index in [1.54, 1.807) is 0 Å². The lowest BCUT2D eigenvalue weighted by atomic mass is 9.88. The van der Waals surface area contributed by atoms with Crippen LogP contribution in [0.5, 0.6) is 0 Å². The Labute approximate surface area is 127 Å². The van der Waals surface area contributed by atoms with Gasteiger partial charge in [-0.2, -0.15) is 0 Å².